The Hall–Kier alpha value is -4.03. The molecule has 1 saturated heterocycles. The molecule has 0 aromatic heterocycles. The average molecular weight is 671 g/mol. The van der Waals surface area contributed by atoms with Crippen LogP contribution < -0.4 is 9.79 Å². The van der Waals surface area contributed by atoms with Crippen LogP contribution in [0.15, 0.2) is 91.0 Å². The summed E-state index contributed by atoms with van der Waals surface area (Å²) < 4.78 is 44.8. The van der Waals surface area contributed by atoms with Crippen molar-refractivity contribution >= 4 is 26.2 Å². The Bertz CT molecular complexity index is 1400. The summed E-state index contributed by atoms with van der Waals surface area (Å²) in [6.45, 7) is 9.99. The van der Waals surface area contributed by atoms with Crippen LogP contribution in [-0.4, -0.2) is 82.0 Å². The highest BCUT2D eigenvalue weighted by atomic mass is 31.1. The first-order chi connectivity index (χ1) is 22.7. The van der Waals surface area contributed by atoms with Gasteiger partial charge in [0.15, 0.2) is 24.6 Å². The minimum absolute atomic E-state index is 0.147. The first-order valence-corrected chi connectivity index (χ1v) is 16.4. The molecule has 1 aliphatic rings. The number of methoxy groups -OCH3 is 1. The highest BCUT2D eigenvalue weighted by molar-refractivity contribution is 7.30. The predicted molar refractivity (Wildman–Crippen MR) is 169 cm³/mol. The van der Waals surface area contributed by atoms with Crippen LogP contribution in [0.4, 0.5) is 0 Å². The summed E-state index contributed by atoms with van der Waals surface area (Å²) in [5, 5.41) is 0. The predicted octanol–water partition coefficient (Wildman–Crippen LogP) is 3.00. The van der Waals surface area contributed by atoms with Crippen LogP contribution in [0.3, 0.4) is 0 Å². The summed E-state index contributed by atoms with van der Waals surface area (Å²) in [5.41, 5.74) is 0.570. The summed E-state index contributed by atoms with van der Waals surface area (Å²) in [7, 11) is -2.26. The van der Waals surface area contributed by atoms with Gasteiger partial charge in [-0.05, 0) is 61.7 Å². The molecule has 0 amide bonds. The zero-order valence-corrected chi connectivity index (χ0v) is 27.7. The molecule has 0 saturated carbocycles. The van der Waals surface area contributed by atoms with Gasteiger partial charge in [-0.1, -0.05) is 54.6 Å². The van der Waals surface area contributed by atoms with Crippen molar-refractivity contribution in [3.8, 4) is 0 Å². The molecule has 1 fully saturated rings. The number of nitrogens with one attached hydrogen (secondary N) is 1. The van der Waals surface area contributed by atoms with E-state index in [0.29, 0.717) is 0 Å². The second-order valence-corrected chi connectivity index (χ2v) is 11.0. The normalized spacial score (nSPS) is 20.7. The van der Waals surface area contributed by atoms with E-state index in [-0.39, 0.29) is 16.7 Å². The molecule has 47 heavy (non-hydrogen) atoms. The number of hydrogen-bond acceptors (Lipinski definition) is 11. The van der Waals surface area contributed by atoms with Gasteiger partial charge in [0, 0.05) is 7.11 Å². The van der Waals surface area contributed by atoms with Crippen molar-refractivity contribution in [2.45, 2.75) is 51.5 Å². The van der Waals surface area contributed by atoms with Crippen molar-refractivity contribution in [1.29, 1.82) is 0 Å². The lowest BCUT2D eigenvalue weighted by Gasteiger charge is -2.42. The monoisotopic (exact) mass is 670 g/mol. The van der Waals surface area contributed by atoms with Crippen molar-refractivity contribution in [3.05, 3.63) is 108 Å². The second kappa shape index (κ2) is 19.6. The molecule has 3 aromatic rings. The largest absolute Gasteiger partial charge is 0.566 e. The Morgan fingerprint density at radius 3 is 1.51 bits per heavy atom. The quantitative estimate of drug-likeness (QED) is 0.162. The fraction of sp³-hybridized carbons (Fsp3) is 0.382. The number of esters is 3. The Kier molecular flexibility index (Phi) is 15.6. The number of ether oxygens (including phenoxy) is 5. The molecule has 1 unspecified atom stereocenters. The summed E-state index contributed by atoms with van der Waals surface area (Å²) in [5.74, 6) is -2.37. The van der Waals surface area contributed by atoms with Gasteiger partial charge < -0.3 is 33.5 Å². The van der Waals surface area contributed by atoms with Gasteiger partial charge in [0.05, 0.1) is 36.3 Å². The van der Waals surface area contributed by atoms with E-state index in [2.05, 4.69) is 20.8 Å². The van der Waals surface area contributed by atoms with E-state index in [9.17, 15) is 23.8 Å². The average Bonchev–Trinajstić information content (AvgIpc) is 3.10. The van der Waals surface area contributed by atoms with E-state index in [1.54, 1.807) is 59.5 Å². The van der Waals surface area contributed by atoms with Crippen molar-refractivity contribution in [3.63, 3.8) is 0 Å². The molecular weight excluding hydrogens is 629 g/mol. The molecule has 3 aromatic carbocycles. The molecule has 0 spiro atoms. The number of carbonyl (C=O) groups is 3. The maximum atomic E-state index is 13.1. The number of hydrogen-bond donors (Lipinski definition) is 1. The number of quaternary nitrogens is 1. The van der Waals surface area contributed by atoms with Gasteiger partial charge in [-0.15, -0.1) is 4.52 Å². The third kappa shape index (κ3) is 11.3. The molecule has 12 nitrogen and oxygen atoms in total. The van der Waals surface area contributed by atoms with Crippen molar-refractivity contribution in [1.82, 2.24) is 0 Å². The third-order valence-electron chi connectivity index (χ3n) is 7.42. The number of carbonyl (C=O) groups excluding carboxylic acids is 3. The van der Waals surface area contributed by atoms with E-state index in [1.165, 1.54) is 63.1 Å². The Balaban J connectivity index is 0.000000771. The van der Waals surface area contributed by atoms with Crippen molar-refractivity contribution in [2.24, 2.45) is 0 Å². The van der Waals surface area contributed by atoms with Gasteiger partial charge >= 0.3 is 26.2 Å². The zero-order valence-electron chi connectivity index (χ0n) is 26.8. The van der Waals surface area contributed by atoms with Crippen LogP contribution >= 0.6 is 8.25 Å². The molecule has 13 heteroatoms. The van der Waals surface area contributed by atoms with Crippen LogP contribution in [0.5, 0.6) is 0 Å². The Morgan fingerprint density at radius 2 is 1.13 bits per heavy atom. The minimum Gasteiger partial charge on any atom is -0.566 e. The Labute approximate surface area is 275 Å². The topological polar surface area (TPSA) is 151 Å². The van der Waals surface area contributed by atoms with Crippen LogP contribution in [0.2, 0.25) is 0 Å². The second-order valence-electron chi connectivity index (χ2n) is 10.3. The Morgan fingerprint density at radius 1 is 0.702 bits per heavy atom. The molecular formula is C34H41NO11P+. The molecule has 252 valence electrons. The molecule has 1 N–H and O–H groups in total. The number of rotatable bonds is 13. The lowest BCUT2D eigenvalue weighted by molar-refractivity contribution is -0.894. The fourth-order valence-corrected chi connectivity index (χ4v) is 5.24. The van der Waals surface area contributed by atoms with E-state index in [1.807, 2.05) is 0 Å². The summed E-state index contributed by atoms with van der Waals surface area (Å²) in [6, 6.07) is 24.0. The third-order valence-corrected chi connectivity index (χ3v) is 7.84. The summed E-state index contributed by atoms with van der Waals surface area (Å²) in [6.07, 6.45) is -7.24. The minimum atomic E-state index is -3.52. The van der Waals surface area contributed by atoms with E-state index in [0.717, 1.165) is 0 Å². The SMILES string of the molecule is CC[NH+](CC)CC.CO[C@@H]1O[C@H](COC(=O)c2ccccc2)[C@H](O[P+](=O)[O-])[C@H](OC(=O)c2ccccc2)[C@H]1OC(=O)c1ccccc1. The lowest BCUT2D eigenvalue weighted by Crippen LogP contribution is -3.11. The van der Waals surface area contributed by atoms with Gasteiger partial charge in [0.2, 0.25) is 0 Å². The zero-order chi connectivity index (χ0) is 34.2. The molecule has 4 rings (SSSR count). The molecule has 1 aliphatic heterocycles. The molecule has 6 atom stereocenters. The van der Waals surface area contributed by atoms with Gasteiger partial charge in [-0.2, -0.15) is 0 Å². The summed E-state index contributed by atoms with van der Waals surface area (Å²) in [4.78, 5) is 52.0. The van der Waals surface area contributed by atoms with E-state index in [4.69, 9.17) is 28.2 Å². The van der Waals surface area contributed by atoms with Gasteiger partial charge in [0.25, 0.3) is 0 Å². The molecule has 0 aliphatic carbocycles. The summed E-state index contributed by atoms with van der Waals surface area (Å²) >= 11 is 0. The maximum Gasteiger partial charge on any atom is 0.488 e. The smallest absolute Gasteiger partial charge is 0.488 e. The first-order valence-electron chi connectivity index (χ1n) is 15.3. The van der Waals surface area contributed by atoms with Crippen LogP contribution in [0.25, 0.3) is 0 Å². The van der Waals surface area contributed by atoms with Crippen molar-refractivity contribution in [2.75, 3.05) is 33.4 Å². The highest BCUT2D eigenvalue weighted by Crippen LogP contribution is 2.34. The molecule has 0 radical (unpaired) electrons. The van der Waals surface area contributed by atoms with Crippen LogP contribution in [0, 0.1) is 0 Å². The van der Waals surface area contributed by atoms with E-state index >= 15 is 0 Å². The van der Waals surface area contributed by atoms with Crippen LogP contribution in [-0.2, 0) is 32.8 Å². The van der Waals surface area contributed by atoms with Crippen LogP contribution in [0.1, 0.15) is 51.8 Å². The van der Waals surface area contributed by atoms with Gasteiger partial charge in [0.1, 0.15) is 12.7 Å². The number of benzene rings is 3. The highest BCUT2D eigenvalue weighted by Gasteiger charge is 2.54. The molecule has 0 bridgehead atoms. The van der Waals surface area contributed by atoms with Gasteiger partial charge in [-0.3, -0.25) is 0 Å². The van der Waals surface area contributed by atoms with Gasteiger partial charge in [-0.25, -0.2) is 14.4 Å². The fourth-order valence-electron chi connectivity index (χ4n) is 4.79. The molecule has 1 heterocycles. The lowest BCUT2D eigenvalue weighted by atomic mass is 9.98. The van der Waals surface area contributed by atoms with E-state index < -0.39 is 63.5 Å². The van der Waals surface area contributed by atoms with Crippen molar-refractivity contribution < 1.29 is 57.0 Å². The first kappa shape index (κ1) is 37.4. The standard InChI is InChI=1S/C28H25O11P.C6H15N/c1-34-28-24(38-27(31)20-15-9-4-10-16-20)23(37-26(30)19-13-7-3-8-14-19)22(39-40(32)33)21(36-28)17-35-25(29)18-11-5-2-6-12-18;1-4-7(5-2)6-3/h2-16,21-24,28H,17H2,1H3;4-6H2,1-3H3/p+1/t21-,22+,23+,24-,28-;/m1./s1. The maximum absolute atomic E-state index is 13.1.